The van der Waals surface area contributed by atoms with E-state index in [9.17, 15) is 9.59 Å². The van der Waals surface area contributed by atoms with E-state index in [4.69, 9.17) is 5.11 Å². The Kier molecular flexibility index (Phi) is 5.55. The van der Waals surface area contributed by atoms with Crippen LogP contribution in [0, 0.1) is 5.92 Å². The number of thioether (sulfide) groups is 1. The SMILES string of the molecule is O=C(O)CN(C(=O)CC1CCSCC1)C1CCCC1. The fourth-order valence-electron chi connectivity index (χ4n) is 3.10. The van der Waals surface area contributed by atoms with E-state index in [1.807, 2.05) is 11.8 Å². The van der Waals surface area contributed by atoms with Gasteiger partial charge in [-0.05, 0) is 43.1 Å². The average Bonchev–Trinajstić information content (AvgIpc) is 2.90. The van der Waals surface area contributed by atoms with Crippen LogP contribution in [0.2, 0.25) is 0 Å². The van der Waals surface area contributed by atoms with Gasteiger partial charge in [0.15, 0.2) is 0 Å². The third-order valence-corrected chi connectivity index (χ3v) is 5.24. The normalized spacial score (nSPS) is 21.5. The fourth-order valence-corrected chi connectivity index (χ4v) is 4.30. The maximum absolute atomic E-state index is 12.4. The number of carboxylic acid groups (broad SMARTS) is 1. The summed E-state index contributed by atoms with van der Waals surface area (Å²) in [6.07, 6.45) is 6.93. The maximum Gasteiger partial charge on any atom is 0.323 e. The molecule has 19 heavy (non-hydrogen) atoms. The van der Waals surface area contributed by atoms with Crippen LogP contribution in [0.4, 0.5) is 0 Å². The quantitative estimate of drug-likeness (QED) is 0.842. The molecule has 1 saturated heterocycles. The van der Waals surface area contributed by atoms with Crippen molar-refractivity contribution >= 4 is 23.6 Å². The van der Waals surface area contributed by atoms with Gasteiger partial charge in [0.1, 0.15) is 6.54 Å². The molecule has 0 aromatic carbocycles. The first kappa shape index (κ1) is 14.7. The molecule has 0 spiro atoms. The van der Waals surface area contributed by atoms with Gasteiger partial charge in [0.2, 0.25) is 5.91 Å². The van der Waals surface area contributed by atoms with Gasteiger partial charge in [0.25, 0.3) is 0 Å². The van der Waals surface area contributed by atoms with Crippen molar-refractivity contribution in [1.82, 2.24) is 4.90 Å². The van der Waals surface area contributed by atoms with Crippen LogP contribution >= 0.6 is 11.8 Å². The number of hydrogen-bond acceptors (Lipinski definition) is 3. The highest BCUT2D eigenvalue weighted by Crippen LogP contribution is 2.28. The van der Waals surface area contributed by atoms with Crippen LogP contribution in [0.15, 0.2) is 0 Å². The van der Waals surface area contributed by atoms with E-state index in [2.05, 4.69) is 0 Å². The summed E-state index contributed by atoms with van der Waals surface area (Å²) in [5, 5.41) is 9.00. The Hall–Kier alpha value is -0.710. The zero-order valence-electron chi connectivity index (χ0n) is 11.3. The second kappa shape index (κ2) is 7.17. The zero-order chi connectivity index (χ0) is 13.7. The molecule has 0 aromatic rings. The van der Waals surface area contributed by atoms with Crippen molar-refractivity contribution in [3.8, 4) is 0 Å². The Balaban J connectivity index is 1.91. The van der Waals surface area contributed by atoms with E-state index in [1.165, 1.54) is 0 Å². The summed E-state index contributed by atoms with van der Waals surface area (Å²) < 4.78 is 0. The molecule has 108 valence electrons. The molecule has 0 bridgehead atoms. The molecule has 0 atom stereocenters. The first-order valence-electron chi connectivity index (χ1n) is 7.26. The fraction of sp³-hybridized carbons (Fsp3) is 0.857. The Labute approximate surface area is 118 Å². The van der Waals surface area contributed by atoms with Gasteiger partial charge in [-0.2, -0.15) is 11.8 Å². The molecule has 2 aliphatic rings. The summed E-state index contributed by atoms with van der Waals surface area (Å²) >= 11 is 1.95. The lowest BCUT2D eigenvalue weighted by molar-refractivity contribution is -0.146. The Morgan fingerprint density at radius 1 is 1.11 bits per heavy atom. The summed E-state index contributed by atoms with van der Waals surface area (Å²) in [5.74, 6) is 1.91. The van der Waals surface area contributed by atoms with E-state index < -0.39 is 5.97 Å². The van der Waals surface area contributed by atoms with E-state index in [0.29, 0.717) is 12.3 Å². The predicted octanol–water partition coefficient (Wildman–Crippen LogP) is 2.38. The Morgan fingerprint density at radius 2 is 1.74 bits per heavy atom. The van der Waals surface area contributed by atoms with Crippen molar-refractivity contribution < 1.29 is 14.7 Å². The molecule has 5 heteroatoms. The van der Waals surface area contributed by atoms with Gasteiger partial charge >= 0.3 is 5.97 Å². The second-order valence-electron chi connectivity index (χ2n) is 5.61. The molecule has 1 heterocycles. The largest absolute Gasteiger partial charge is 0.480 e. The summed E-state index contributed by atoms with van der Waals surface area (Å²) in [6.45, 7) is -0.120. The van der Waals surface area contributed by atoms with E-state index in [-0.39, 0.29) is 18.5 Å². The first-order chi connectivity index (χ1) is 9.16. The highest BCUT2D eigenvalue weighted by molar-refractivity contribution is 7.99. The molecular formula is C14H23NO3S. The van der Waals surface area contributed by atoms with E-state index in [1.54, 1.807) is 4.90 Å². The summed E-state index contributed by atoms with van der Waals surface area (Å²) in [5.41, 5.74) is 0. The minimum absolute atomic E-state index is 0.0613. The van der Waals surface area contributed by atoms with Crippen LogP contribution in [0.25, 0.3) is 0 Å². The Morgan fingerprint density at radius 3 is 2.32 bits per heavy atom. The zero-order valence-corrected chi connectivity index (χ0v) is 12.2. The van der Waals surface area contributed by atoms with Crippen LogP contribution in [0.1, 0.15) is 44.9 Å². The molecule has 0 unspecified atom stereocenters. The summed E-state index contributed by atoms with van der Waals surface area (Å²) in [7, 11) is 0. The number of carboxylic acids is 1. The molecule has 0 aromatic heterocycles. The first-order valence-corrected chi connectivity index (χ1v) is 8.41. The van der Waals surface area contributed by atoms with Gasteiger partial charge in [-0.15, -0.1) is 0 Å². The lowest BCUT2D eigenvalue weighted by Gasteiger charge is -2.30. The second-order valence-corrected chi connectivity index (χ2v) is 6.84. The predicted molar refractivity (Wildman–Crippen MR) is 76.3 cm³/mol. The standard InChI is InChI=1S/C14H23NO3S/c16-13(9-11-5-7-19-8-6-11)15(10-14(17)18)12-3-1-2-4-12/h11-12H,1-10H2,(H,17,18). The summed E-state index contributed by atoms with van der Waals surface area (Å²) in [4.78, 5) is 25.0. The number of hydrogen-bond donors (Lipinski definition) is 1. The molecule has 1 amide bonds. The van der Waals surface area contributed by atoms with Crippen LogP contribution in [-0.4, -0.2) is 46.0 Å². The minimum atomic E-state index is -0.889. The Bertz CT molecular complexity index is 323. The number of carbonyl (C=O) groups is 2. The third kappa shape index (κ3) is 4.41. The third-order valence-electron chi connectivity index (χ3n) is 4.20. The van der Waals surface area contributed by atoms with Crippen molar-refractivity contribution in [2.45, 2.75) is 51.0 Å². The van der Waals surface area contributed by atoms with Gasteiger partial charge in [-0.3, -0.25) is 9.59 Å². The maximum atomic E-state index is 12.4. The molecule has 1 saturated carbocycles. The van der Waals surface area contributed by atoms with Gasteiger partial charge in [-0.25, -0.2) is 0 Å². The van der Waals surface area contributed by atoms with Crippen molar-refractivity contribution in [3.63, 3.8) is 0 Å². The molecule has 0 radical (unpaired) electrons. The summed E-state index contributed by atoms with van der Waals surface area (Å²) in [6, 6.07) is 0.168. The van der Waals surface area contributed by atoms with Crippen LogP contribution in [0.3, 0.4) is 0 Å². The smallest absolute Gasteiger partial charge is 0.323 e. The number of carbonyl (C=O) groups excluding carboxylic acids is 1. The number of aliphatic carboxylic acids is 1. The molecule has 2 rings (SSSR count). The number of rotatable bonds is 5. The van der Waals surface area contributed by atoms with Crippen molar-refractivity contribution in [1.29, 1.82) is 0 Å². The van der Waals surface area contributed by atoms with Crippen LogP contribution in [0.5, 0.6) is 0 Å². The highest BCUT2D eigenvalue weighted by Gasteiger charge is 2.29. The van der Waals surface area contributed by atoms with Crippen molar-refractivity contribution in [2.75, 3.05) is 18.1 Å². The monoisotopic (exact) mass is 285 g/mol. The number of amides is 1. The van der Waals surface area contributed by atoms with E-state index in [0.717, 1.165) is 50.0 Å². The molecule has 4 nitrogen and oxygen atoms in total. The van der Waals surface area contributed by atoms with Gasteiger partial charge in [0, 0.05) is 12.5 Å². The van der Waals surface area contributed by atoms with Crippen molar-refractivity contribution in [2.24, 2.45) is 5.92 Å². The van der Waals surface area contributed by atoms with Crippen LogP contribution in [-0.2, 0) is 9.59 Å². The topological polar surface area (TPSA) is 57.6 Å². The van der Waals surface area contributed by atoms with E-state index >= 15 is 0 Å². The van der Waals surface area contributed by atoms with Gasteiger partial charge < -0.3 is 10.0 Å². The van der Waals surface area contributed by atoms with Gasteiger partial charge in [0.05, 0.1) is 0 Å². The lowest BCUT2D eigenvalue weighted by Crippen LogP contribution is -2.43. The number of nitrogens with zero attached hydrogens (tertiary/aromatic N) is 1. The molecule has 2 fully saturated rings. The van der Waals surface area contributed by atoms with Crippen molar-refractivity contribution in [3.05, 3.63) is 0 Å². The lowest BCUT2D eigenvalue weighted by atomic mass is 9.97. The highest BCUT2D eigenvalue weighted by atomic mass is 32.2. The molecule has 1 N–H and O–H groups in total. The minimum Gasteiger partial charge on any atom is -0.480 e. The molecule has 1 aliphatic heterocycles. The van der Waals surface area contributed by atoms with Gasteiger partial charge in [-0.1, -0.05) is 12.8 Å². The van der Waals surface area contributed by atoms with Crippen LogP contribution < -0.4 is 0 Å². The molecule has 1 aliphatic carbocycles. The molecular weight excluding hydrogens is 262 g/mol. The average molecular weight is 285 g/mol.